The summed E-state index contributed by atoms with van der Waals surface area (Å²) >= 11 is 0. The SMILES string of the molecule is COC(=O)CCCNC1CC(OCC(C)C)C1(C)C. The number of hydrogen-bond acceptors (Lipinski definition) is 4. The lowest BCUT2D eigenvalue weighted by Gasteiger charge is -2.52. The smallest absolute Gasteiger partial charge is 0.305 e. The van der Waals surface area contributed by atoms with Gasteiger partial charge in [0.15, 0.2) is 0 Å². The quantitative estimate of drug-likeness (QED) is 0.544. The molecule has 0 saturated heterocycles. The maximum Gasteiger partial charge on any atom is 0.305 e. The number of hydrogen-bond donors (Lipinski definition) is 1. The van der Waals surface area contributed by atoms with Crippen molar-refractivity contribution in [1.29, 1.82) is 0 Å². The van der Waals surface area contributed by atoms with Gasteiger partial charge in [0.05, 0.1) is 13.2 Å². The second-order valence-electron chi connectivity index (χ2n) is 6.46. The van der Waals surface area contributed by atoms with Crippen molar-refractivity contribution in [3.05, 3.63) is 0 Å². The van der Waals surface area contributed by atoms with Crippen molar-refractivity contribution in [2.45, 2.75) is 59.1 Å². The van der Waals surface area contributed by atoms with Crippen LogP contribution in [-0.2, 0) is 14.3 Å². The predicted molar refractivity (Wildman–Crippen MR) is 76.0 cm³/mol. The van der Waals surface area contributed by atoms with Crippen molar-refractivity contribution < 1.29 is 14.3 Å². The fourth-order valence-electron chi connectivity index (χ4n) is 2.43. The van der Waals surface area contributed by atoms with Crippen LogP contribution >= 0.6 is 0 Å². The third kappa shape index (κ3) is 4.77. The molecule has 1 aliphatic carbocycles. The van der Waals surface area contributed by atoms with Crippen molar-refractivity contribution in [3.63, 3.8) is 0 Å². The minimum absolute atomic E-state index is 0.132. The van der Waals surface area contributed by atoms with Gasteiger partial charge >= 0.3 is 5.97 Å². The first-order valence-electron chi connectivity index (χ1n) is 7.29. The molecule has 0 amide bonds. The van der Waals surface area contributed by atoms with E-state index >= 15 is 0 Å². The number of rotatable bonds is 8. The maximum absolute atomic E-state index is 11.0. The first-order valence-corrected chi connectivity index (χ1v) is 7.29. The van der Waals surface area contributed by atoms with Crippen LogP contribution in [0.3, 0.4) is 0 Å². The van der Waals surface area contributed by atoms with Gasteiger partial charge in [0.2, 0.25) is 0 Å². The van der Waals surface area contributed by atoms with Crippen molar-refractivity contribution in [3.8, 4) is 0 Å². The third-order valence-corrected chi connectivity index (χ3v) is 3.98. The Labute approximate surface area is 117 Å². The highest BCUT2D eigenvalue weighted by atomic mass is 16.5. The number of methoxy groups -OCH3 is 1. The molecule has 0 aromatic heterocycles. The van der Waals surface area contributed by atoms with Gasteiger partial charge in [-0.05, 0) is 25.3 Å². The summed E-state index contributed by atoms with van der Waals surface area (Å²) in [5.74, 6) is 0.454. The van der Waals surface area contributed by atoms with E-state index in [4.69, 9.17) is 4.74 Å². The van der Waals surface area contributed by atoms with Crippen LogP contribution in [0.2, 0.25) is 0 Å². The molecule has 0 radical (unpaired) electrons. The lowest BCUT2D eigenvalue weighted by molar-refractivity contribution is -0.140. The highest BCUT2D eigenvalue weighted by molar-refractivity contribution is 5.69. The second-order valence-corrected chi connectivity index (χ2v) is 6.46. The van der Waals surface area contributed by atoms with E-state index in [1.165, 1.54) is 7.11 Å². The van der Waals surface area contributed by atoms with Gasteiger partial charge in [-0.3, -0.25) is 4.79 Å². The van der Waals surface area contributed by atoms with Gasteiger partial charge in [-0.2, -0.15) is 0 Å². The minimum Gasteiger partial charge on any atom is -0.469 e. The summed E-state index contributed by atoms with van der Waals surface area (Å²) in [4.78, 5) is 11.0. The van der Waals surface area contributed by atoms with Gasteiger partial charge in [-0.15, -0.1) is 0 Å². The monoisotopic (exact) mass is 271 g/mol. The zero-order chi connectivity index (χ0) is 14.5. The molecular weight excluding hydrogens is 242 g/mol. The largest absolute Gasteiger partial charge is 0.469 e. The average molecular weight is 271 g/mol. The Morgan fingerprint density at radius 2 is 2.11 bits per heavy atom. The molecular formula is C15H29NO3. The number of carbonyl (C=O) groups excluding carboxylic acids is 1. The van der Waals surface area contributed by atoms with Crippen molar-refractivity contribution in [2.24, 2.45) is 11.3 Å². The van der Waals surface area contributed by atoms with Crippen LogP contribution in [0, 0.1) is 11.3 Å². The van der Waals surface area contributed by atoms with Crippen molar-refractivity contribution >= 4 is 5.97 Å². The number of ether oxygens (including phenoxy) is 2. The first kappa shape index (κ1) is 16.4. The molecule has 1 fully saturated rings. The molecule has 112 valence electrons. The van der Waals surface area contributed by atoms with Gasteiger partial charge in [-0.25, -0.2) is 0 Å². The summed E-state index contributed by atoms with van der Waals surface area (Å²) in [6, 6.07) is 0.488. The van der Waals surface area contributed by atoms with E-state index in [0.717, 1.165) is 26.0 Å². The van der Waals surface area contributed by atoms with E-state index in [2.05, 4.69) is 37.7 Å². The van der Waals surface area contributed by atoms with E-state index in [0.29, 0.717) is 24.5 Å². The lowest BCUT2D eigenvalue weighted by Crippen LogP contribution is -2.61. The first-order chi connectivity index (χ1) is 8.87. The topological polar surface area (TPSA) is 47.6 Å². The third-order valence-electron chi connectivity index (χ3n) is 3.98. The molecule has 0 aliphatic heterocycles. The van der Waals surface area contributed by atoms with E-state index in [-0.39, 0.29) is 11.4 Å². The molecule has 0 heterocycles. The van der Waals surface area contributed by atoms with Crippen LogP contribution in [-0.4, -0.2) is 38.4 Å². The Bertz CT molecular complexity index is 289. The van der Waals surface area contributed by atoms with E-state index in [1.54, 1.807) is 0 Å². The molecule has 19 heavy (non-hydrogen) atoms. The number of esters is 1. The molecule has 1 saturated carbocycles. The van der Waals surface area contributed by atoms with Crippen LogP contribution < -0.4 is 5.32 Å². The molecule has 0 aromatic carbocycles. The standard InChI is InChI=1S/C15H29NO3/c1-11(2)10-19-13-9-12(15(13,3)4)16-8-6-7-14(17)18-5/h11-13,16H,6-10H2,1-5H3. The number of carbonyl (C=O) groups is 1. The summed E-state index contributed by atoms with van der Waals surface area (Å²) in [5, 5.41) is 3.52. The van der Waals surface area contributed by atoms with E-state index in [9.17, 15) is 4.79 Å². The fourth-order valence-corrected chi connectivity index (χ4v) is 2.43. The van der Waals surface area contributed by atoms with Crippen LogP contribution in [0.15, 0.2) is 0 Å². The van der Waals surface area contributed by atoms with E-state index in [1.807, 2.05) is 0 Å². The zero-order valence-electron chi connectivity index (χ0n) is 13.0. The predicted octanol–water partition coefficient (Wildman–Crippen LogP) is 2.37. The molecule has 1 N–H and O–H groups in total. The lowest BCUT2D eigenvalue weighted by atomic mass is 9.64. The Morgan fingerprint density at radius 3 is 2.63 bits per heavy atom. The Kier molecular flexibility index (Phi) is 6.27. The average Bonchev–Trinajstić information content (AvgIpc) is 2.35. The van der Waals surface area contributed by atoms with Crippen LogP contribution in [0.5, 0.6) is 0 Å². The molecule has 0 bridgehead atoms. The van der Waals surface area contributed by atoms with Crippen molar-refractivity contribution in [2.75, 3.05) is 20.3 Å². The normalized spacial score (nSPS) is 25.2. The molecule has 2 unspecified atom stereocenters. The van der Waals surface area contributed by atoms with Crippen LogP contribution in [0.25, 0.3) is 0 Å². The summed E-state index contributed by atoms with van der Waals surface area (Å²) in [6.45, 7) is 10.5. The summed E-state index contributed by atoms with van der Waals surface area (Å²) in [5.41, 5.74) is 0.181. The molecule has 2 atom stereocenters. The summed E-state index contributed by atoms with van der Waals surface area (Å²) < 4.78 is 10.6. The van der Waals surface area contributed by atoms with Gasteiger partial charge in [0, 0.05) is 24.5 Å². The summed E-state index contributed by atoms with van der Waals surface area (Å²) in [7, 11) is 1.43. The van der Waals surface area contributed by atoms with Gasteiger partial charge in [0.25, 0.3) is 0 Å². The Hall–Kier alpha value is -0.610. The molecule has 1 rings (SSSR count). The Balaban J connectivity index is 2.18. The second kappa shape index (κ2) is 7.25. The Morgan fingerprint density at radius 1 is 1.42 bits per heavy atom. The van der Waals surface area contributed by atoms with Crippen LogP contribution in [0.1, 0.15) is 47.0 Å². The van der Waals surface area contributed by atoms with E-state index < -0.39 is 0 Å². The highest BCUT2D eigenvalue weighted by Gasteiger charge is 2.48. The number of nitrogens with one attached hydrogen (secondary N) is 1. The van der Waals surface area contributed by atoms with Gasteiger partial charge in [0.1, 0.15) is 0 Å². The summed E-state index contributed by atoms with van der Waals surface area (Å²) in [6.07, 6.45) is 2.74. The molecule has 4 nitrogen and oxygen atoms in total. The van der Waals surface area contributed by atoms with Gasteiger partial charge in [-0.1, -0.05) is 27.7 Å². The zero-order valence-corrected chi connectivity index (χ0v) is 13.0. The highest BCUT2D eigenvalue weighted by Crippen LogP contribution is 2.42. The molecule has 1 aliphatic rings. The minimum atomic E-state index is -0.132. The maximum atomic E-state index is 11.0. The van der Waals surface area contributed by atoms with Crippen molar-refractivity contribution in [1.82, 2.24) is 5.32 Å². The molecule has 0 spiro atoms. The molecule has 0 aromatic rings. The molecule has 4 heteroatoms. The van der Waals surface area contributed by atoms with Gasteiger partial charge < -0.3 is 14.8 Å². The fraction of sp³-hybridized carbons (Fsp3) is 0.933. The van der Waals surface area contributed by atoms with Crippen LogP contribution in [0.4, 0.5) is 0 Å².